The van der Waals surface area contributed by atoms with Crippen LogP contribution >= 0.6 is 0 Å². The van der Waals surface area contributed by atoms with Gasteiger partial charge in [-0.25, -0.2) is 9.97 Å². The molecule has 0 aliphatic carbocycles. The van der Waals surface area contributed by atoms with Gasteiger partial charge >= 0.3 is 0 Å². The number of hydrogen-bond acceptors (Lipinski definition) is 6. The van der Waals surface area contributed by atoms with Gasteiger partial charge in [-0.15, -0.1) is 0 Å². The number of para-hydroxylation sites is 1. The Balaban J connectivity index is 1.59. The molecule has 0 fully saturated rings. The van der Waals surface area contributed by atoms with Crippen LogP contribution in [0.1, 0.15) is 11.5 Å². The molecule has 0 aliphatic rings. The number of hydrogen-bond donors (Lipinski definition) is 1. The Hall–Kier alpha value is -2.76. The number of aromatic nitrogens is 4. The second-order valence-corrected chi connectivity index (χ2v) is 4.64. The summed E-state index contributed by atoms with van der Waals surface area (Å²) in [7, 11) is 0. The fourth-order valence-corrected chi connectivity index (χ4v) is 1.83. The molecule has 0 amide bonds. The minimum absolute atomic E-state index is 0.421. The topological polar surface area (TPSA) is 76.7 Å². The van der Waals surface area contributed by atoms with Crippen LogP contribution in [-0.4, -0.2) is 26.7 Å². The van der Waals surface area contributed by atoms with Gasteiger partial charge in [0.2, 0.25) is 17.5 Å². The summed E-state index contributed by atoms with van der Waals surface area (Å²) in [6, 6.07) is 9.99. The van der Waals surface area contributed by atoms with E-state index in [4.69, 9.17) is 4.52 Å². The monoisotopic (exact) mass is 281 g/mol. The van der Waals surface area contributed by atoms with Gasteiger partial charge in [0.1, 0.15) is 0 Å². The first kappa shape index (κ1) is 13.2. The minimum Gasteiger partial charge on any atom is -0.385 e. The van der Waals surface area contributed by atoms with E-state index in [1.165, 1.54) is 0 Å². The SMILES string of the molecule is Cc1cnc(-c2noc(CCNc3ccccc3)n2)nc1. The molecule has 0 unspecified atom stereocenters. The molecule has 21 heavy (non-hydrogen) atoms. The molecule has 0 spiro atoms. The van der Waals surface area contributed by atoms with Crippen molar-refractivity contribution in [1.82, 2.24) is 20.1 Å². The van der Waals surface area contributed by atoms with E-state index in [9.17, 15) is 0 Å². The first-order chi connectivity index (χ1) is 10.3. The van der Waals surface area contributed by atoms with Gasteiger partial charge in [-0.2, -0.15) is 4.98 Å². The molecule has 0 radical (unpaired) electrons. The molecule has 3 rings (SSSR count). The molecule has 106 valence electrons. The van der Waals surface area contributed by atoms with E-state index in [2.05, 4.69) is 25.4 Å². The Kier molecular flexibility index (Phi) is 3.86. The molecular weight excluding hydrogens is 266 g/mol. The fraction of sp³-hybridized carbons (Fsp3) is 0.200. The smallest absolute Gasteiger partial charge is 0.240 e. The van der Waals surface area contributed by atoms with Crippen LogP contribution in [0.4, 0.5) is 5.69 Å². The van der Waals surface area contributed by atoms with Crippen molar-refractivity contribution in [3.63, 3.8) is 0 Å². The van der Waals surface area contributed by atoms with Crippen LogP contribution in [0.15, 0.2) is 47.2 Å². The number of rotatable bonds is 5. The van der Waals surface area contributed by atoms with Crippen molar-refractivity contribution < 1.29 is 4.52 Å². The van der Waals surface area contributed by atoms with Crippen LogP contribution in [0.3, 0.4) is 0 Å². The van der Waals surface area contributed by atoms with E-state index in [-0.39, 0.29) is 0 Å². The van der Waals surface area contributed by atoms with Crippen molar-refractivity contribution in [2.45, 2.75) is 13.3 Å². The molecule has 0 bridgehead atoms. The zero-order valence-corrected chi connectivity index (χ0v) is 11.7. The number of nitrogens with one attached hydrogen (secondary N) is 1. The number of anilines is 1. The van der Waals surface area contributed by atoms with Gasteiger partial charge < -0.3 is 9.84 Å². The van der Waals surface area contributed by atoms with Gasteiger partial charge in [-0.1, -0.05) is 23.4 Å². The Morgan fingerprint density at radius 2 is 1.81 bits per heavy atom. The van der Waals surface area contributed by atoms with Gasteiger partial charge in [0.25, 0.3) is 0 Å². The lowest BCUT2D eigenvalue weighted by molar-refractivity contribution is 0.381. The average molecular weight is 281 g/mol. The van der Waals surface area contributed by atoms with E-state index in [0.29, 0.717) is 24.0 Å². The van der Waals surface area contributed by atoms with Crippen LogP contribution in [-0.2, 0) is 6.42 Å². The van der Waals surface area contributed by atoms with Crippen LogP contribution in [0.5, 0.6) is 0 Å². The summed E-state index contributed by atoms with van der Waals surface area (Å²) < 4.78 is 5.21. The Morgan fingerprint density at radius 1 is 1.05 bits per heavy atom. The van der Waals surface area contributed by atoms with Crippen molar-refractivity contribution in [2.24, 2.45) is 0 Å². The molecule has 0 aliphatic heterocycles. The van der Waals surface area contributed by atoms with Crippen LogP contribution in [0, 0.1) is 6.92 Å². The molecule has 0 saturated heterocycles. The minimum atomic E-state index is 0.421. The predicted molar refractivity (Wildman–Crippen MR) is 78.7 cm³/mol. The highest BCUT2D eigenvalue weighted by molar-refractivity contribution is 5.43. The van der Waals surface area contributed by atoms with Crippen molar-refractivity contribution in [3.05, 3.63) is 54.2 Å². The highest BCUT2D eigenvalue weighted by atomic mass is 16.5. The highest BCUT2D eigenvalue weighted by Crippen LogP contribution is 2.11. The van der Waals surface area contributed by atoms with Gasteiger partial charge in [0.05, 0.1) is 0 Å². The molecule has 0 saturated carbocycles. The lowest BCUT2D eigenvalue weighted by atomic mass is 10.3. The highest BCUT2D eigenvalue weighted by Gasteiger charge is 2.10. The van der Waals surface area contributed by atoms with Gasteiger partial charge in [-0.05, 0) is 24.6 Å². The zero-order valence-electron chi connectivity index (χ0n) is 11.7. The maximum atomic E-state index is 5.21. The van der Waals surface area contributed by atoms with Gasteiger partial charge in [0.15, 0.2) is 0 Å². The number of nitrogens with zero attached hydrogens (tertiary/aromatic N) is 4. The van der Waals surface area contributed by atoms with Crippen molar-refractivity contribution in [3.8, 4) is 11.6 Å². The summed E-state index contributed by atoms with van der Waals surface area (Å²) in [6.45, 7) is 2.65. The molecule has 2 heterocycles. The standard InChI is InChI=1S/C15H15N5O/c1-11-9-17-14(18-10-11)15-19-13(21-20-15)7-8-16-12-5-3-2-4-6-12/h2-6,9-10,16H,7-8H2,1H3. The summed E-state index contributed by atoms with van der Waals surface area (Å²) in [6.07, 6.45) is 4.11. The molecule has 0 atom stereocenters. The van der Waals surface area contributed by atoms with E-state index in [1.807, 2.05) is 37.3 Å². The summed E-state index contributed by atoms with van der Waals surface area (Å²) in [5, 5.41) is 7.19. The third-order valence-corrected chi connectivity index (χ3v) is 2.89. The summed E-state index contributed by atoms with van der Waals surface area (Å²) in [4.78, 5) is 12.7. The number of benzene rings is 1. The summed E-state index contributed by atoms with van der Waals surface area (Å²) in [5.74, 6) is 1.47. The largest absolute Gasteiger partial charge is 0.385 e. The lowest BCUT2D eigenvalue weighted by Crippen LogP contribution is -2.04. The quantitative estimate of drug-likeness (QED) is 0.774. The van der Waals surface area contributed by atoms with E-state index < -0.39 is 0 Å². The molecule has 1 aromatic carbocycles. The fourth-order valence-electron chi connectivity index (χ4n) is 1.83. The molecule has 1 N–H and O–H groups in total. The van der Waals surface area contributed by atoms with Crippen molar-refractivity contribution in [2.75, 3.05) is 11.9 Å². The van der Waals surface area contributed by atoms with Crippen LogP contribution in [0.2, 0.25) is 0 Å². The summed E-state index contributed by atoms with van der Waals surface area (Å²) >= 11 is 0. The lowest BCUT2D eigenvalue weighted by Gasteiger charge is -2.02. The van der Waals surface area contributed by atoms with Crippen LogP contribution < -0.4 is 5.32 Å². The molecule has 6 nitrogen and oxygen atoms in total. The van der Waals surface area contributed by atoms with Crippen molar-refractivity contribution in [1.29, 1.82) is 0 Å². The van der Waals surface area contributed by atoms with Gasteiger partial charge in [-0.3, -0.25) is 0 Å². The second-order valence-electron chi connectivity index (χ2n) is 4.64. The normalized spacial score (nSPS) is 10.5. The predicted octanol–water partition coefficient (Wildman–Crippen LogP) is 2.49. The average Bonchev–Trinajstić information content (AvgIpc) is 2.98. The van der Waals surface area contributed by atoms with Crippen LogP contribution in [0.25, 0.3) is 11.6 Å². The van der Waals surface area contributed by atoms with Gasteiger partial charge in [0, 0.05) is 31.0 Å². The van der Waals surface area contributed by atoms with Crippen molar-refractivity contribution >= 4 is 5.69 Å². The Labute approximate surface area is 122 Å². The first-order valence-corrected chi connectivity index (χ1v) is 6.72. The Bertz CT molecular complexity index is 694. The maximum absolute atomic E-state index is 5.21. The molecule has 6 heteroatoms. The Morgan fingerprint density at radius 3 is 2.57 bits per heavy atom. The first-order valence-electron chi connectivity index (χ1n) is 6.72. The third-order valence-electron chi connectivity index (χ3n) is 2.89. The number of aryl methyl sites for hydroxylation is 1. The second kappa shape index (κ2) is 6.13. The molecule has 3 aromatic rings. The van der Waals surface area contributed by atoms with E-state index >= 15 is 0 Å². The summed E-state index contributed by atoms with van der Waals surface area (Å²) in [5.41, 5.74) is 2.06. The van der Waals surface area contributed by atoms with E-state index in [0.717, 1.165) is 17.8 Å². The van der Waals surface area contributed by atoms with E-state index in [1.54, 1.807) is 12.4 Å². The zero-order chi connectivity index (χ0) is 14.5. The molecule has 2 aromatic heterocycles. The third kappa shape index (κ3) is 3.42. The maximum Gasteiger partial charge on any atom is 0.240 e. The molecular formula is C15H15N5O.